The van der Waals surface area contributed by atoms with Crippen molar-refractivity contribution in [1.29, 1.82) is 0 Å². The third kappa shape index (κ3) is 4.64. The van der Waals surface area contributed by atoms with Gasteiger partial charge in [0.15, 0.2) is 5.78 Å². The van der Waals surface area contributed by atoms with Gasteiger partial charge >= 0.3 is 0 Å². The number of nitrogens with zero attached hydrogens (tertiary/aromatic N) is 3. The molecule has 0 spiro atoms. The lowest BCUT2D eigenvalue weighted by Gasteiger charge is -2.36. The number of anilines is 1. The number of Topliss-reactive ketones (excluding diaryl/α,β-unsaturated/α-hetero) is 1. The molecule has 1 aliphatic heterocycles. The lowest BCUT2D eigenvalue weighted by Crippen LogP contribution is -2.49. The molecule has 1 amide bonds. The van der Waals surface area contributed by atoms with Crippen molar-refractivity contribution in [3.63, 3.8) is 0 Å². The number of ketones is 1. The second-order valence-corrected chi connectivity index (χ2v) is 9.05. The summed E-state index contributed by atoms with van der Waals surface area (Å²) in [5.41, 5.74) is 2.57. The fraction of sp³-hybridized carbons (Fsp3) is 0.435. The molecular formula is C23H27N3O2S. The van der Waals surface area contributed by atoms with Gasteiger partial charge in [0.25, 0.3) is 5.91 Å². The first-order valence-electron chi connectivity index (χ1n) is 10.4. The maximum atomic E-state index is 13.2. The molecule has 152 valence electrons. The molecule has 0 N–H and O–H groups in total. The number of hydrogen-bond donors (Lipinski definition) is 0. The first-order chi connectivity index (χ1) is 14.1. The molecule has 6 heteroatoms. The number of rotatable bonds is 5. The van der Waals surface area contributed by atoms with Gasteiger partial charge in [0.2, 0.25) is 0 Å². The molecule has 0 bridgehead atoms. The summed E-state index contributed by atoms with van der Waals surface area (Å²) < 4.78 is 0. The summed E-state index contributed by atoms with van der Waals surface area (Å²) in [4.78, 5) is 33.4. The van der Waals surface area contributed by atoms with Crippen molar-refractivity contribution in [2.75, 3.05) is 31.1 Å². The Kier molecular flexibility index (Phi) is 6.19. The van der Waals surface area contributed by atoms with Crippen LogP contribution in [0.5, 0.6) is 0 Å². The maximum absolute atomic E-state index is 13.2. The second-order valence-electron chi connectivity index (χ2n) is 7.76. The lowest BCUT2D eigenvalue weighted by atomic mass is 10.1. The van der Waals surface area contributed by atoms with E-state index in [-0.39, 0.29) is 11.7 Å². The molecule has 4 rings (SSSR count). The van der Waals surface area contributed by atoms with Gasteiger partial charge in [0.1, 0.15) is 5.03 Å². The number of pyridine rings is 1. The maximum Gasteiger partial charge on any atom is 0.256 e. The van der Waals surface area contributed by atoms with Crippen LogP contribution in [0.25, 0.3) is 0 Å². The Morgan fingerprint density at radius 3 is 2.34 bits per heavy atom. The van der Waals surface area contributed by atoms with Gasteiger partial charge in [0.05, 0.1) is 5.56 Å². The summed E-state index contributed by atoms with van der Waals surface area (Å²) >= 11 is 1.77. The fourth-order valence-corrected chi connectivity index (χ4v) is 5.35. The van der Waals surface area contributed by atoms with Crippen LogP contribution in [-0.2, 0) is 0 Å². The SMILES string of the molecule is CC(=O)c1ccc(N2CCN(C(=O)c3cccnc3SC3CCCC3)CC2)cc1. The minimum absolute atomic E-state index is 0.0784. The van der Waals surface area contributed by atoms with E-state index in [4.69, 9.17) is 0 Å². The summed E-state index contributed by atoms with van der Waals surface area (Å²) in [7, 11) is 0. The number of benzene rings is 1. The Balaban J connectivity index is 1.39. The van der Waals surface area contributed by atoms with Crippen molar-refractivity contribution in [2.24, 2.45) is 0 Å². The van der Waals surface area contributed by atoms with Crippen molar-refractivity contribution in [2.45, 2.75) is 42.9 Å². The van der Waals surface area contributed by atoms with Crippen molar-refractivity contribution in [1.82, 2.24) is 9.88 Å². The van der Waals surface area contributed by atoms with Crippen molar-refractivity contribution in [3.05, 3.63) is 53.7 Å². The monoisotopic (exact) mass is 409 g/mol. The predicted molar refractivity (Wildman–Crippen MR) is 117 cm³/mol. The average molecular weight is 410 g/mol. The van der Waals surface area contributed by atoms with Gasteiger partial charge in [-0.1, -0.05) is 12.8 Å². The normalized spacial score (nSPS) is 17.6. The molecule has 2 heterocycles. The van der Waals surface area contributed by atoms with Gasteiger partial charge < -0.3 is 9.80 Å². The van der Waals surface area contributed by atoms with Crippen LogP contribution >= 0.6 is 11.8 Å². The summed E-state index contributed by atoms with van der Waals surface area (Å²) in [6.45, 7) is 4.54. The standard InChI is InChI=1S/C23H27N3O2S/c1-17(27)18-8-10-19(11-9-18)25-13-15-26(16-14-25)23(28)21-7-4-12-24-22(21)29-20-5-2-3-6-20/h4,7-12,20H,2-3,5-6,13-16H2,1H3. The highest BCUT2D eigenvalue weighted by atomic mass is 32.2. The highest BCUT2D eigenvalue weighted by Gasteiger charge is 2.26. The first kappa shape index (κ1) is 20.0. The van der Waals surface area contributed by atoms with Crippen LogP contribution in [0.3, 0.4) is 0 Å². The van der Waals surface area contributed by atoms with Crippen molar-refractivity contribution < 1.29 is 9.59 Å². The average Bonchev–Trinajstić information content (AvgIpc) is 3.27. The fourth-order valence-electron chi connectivity index (χ4n) is 4.06. The Morgan fingerprint density at radius 2 is 1.69 bits per heavy atom. The van der Waals surface area contributed by atoms with E-state index in [1.807, 2.05) is 41.3 Å². The molecule has 5 nitrogen and oxygen atoms in total. The third-order valence-electron chi connectivity index (χ3n) is 5.79. The van der Waals surface area contributed by atoms with E-state index in [1.54, 1.807) is 24.9 Å². The summed E-state index contributed by atoms with van der Waals surface area (Å²) in [5, 5.41) is 1.47. The topological polar surface area (TPSA) is 53.5 Å². The minimum atomic E-state index is 0.0784. The molecule has 0 atom stereocenters. The largest absolute Gasteiger partial charge is 0.368 e. The molecule has 2 fully saturated rings. The Labute approximate surface area is 176 Å². The molecule has 2 aromatic rings. The Bertz CT molecular complexity index is 870. The highest BCUT2D eigenvalue weighted by Crippen LogP contribution is 2.35. The highest BCUT2D eigenvalue weighted by molar-refractivity contribution is 7.99. The lowest BCUT2D eigenvalue weighted by molar-refractivity contribution is 0.0742. The van der Waals surface area contributed by atoms with E-state index in [9.17, 15) is 9.59 Å². The number of carbonyl (C=O) groups excluding carboxylic acids is 2. The smallest absolute Gasteiger partial charge is 0.256 e. The number of piperazine rings is 1. The number of aromatic nitrogens is 1. The van der Waals surface area contributed by atoms with Crippen LogP contribution in [0, 0.1) is 0 Å². The summed E-state index contributed by atoms with van der Waals surface area (Å²) in [5.74, 6) is 0.167. The van der Waals surface area contributed by atoms with Gasteiger partial charge in [-0.15, -0.1) is 11.8 Å². The van der Waals surface area contributed by atoms with E-state index >= 15 is 0 Å². The van der Waals surface area contributed by atoms with Crippen LogP contribution in [0.4, 0.5) is 5.69 Å². The van der Waals surface area contributed by atoms with Crippen LogP contribution in [0.15, 0.2) is 47.6 Å². The molecule has 29 heavy (non-hydrogen) atoms. The number of thioether (sulfide) groups is 1. The van der Waals surface area contributed by atoms with Crippen molar-refractivity contribution in [3.8, 4) is 0 Å². The van der Waals surface area contributed by atoms with E-state index in [1.165, 1.54) is 25.7 Å². The zero-order valence-electron chi connectivity index (χ0n) is 16.8. The van der Waals surface area contributed by atoms with Gasteiger partial charge in [-0.2, -0.15) is 0 Å². The zero-order valence-corrected chi connectivity index (χ0v) is 17.7. The van der Waals surface area contributed by atoms with Gasteiger partial charge in [0, 0.05) is 48.9 Å². The molecule has 1 saturated heterocycles. The summed E-state index contributed by atoms with van der Waals surface area (Å²) in [6.07, 6.45) is 6.79. The Hall–Kier alpha value is -2.34. The van der Waals surface area contributed by atoms with Crippen LogP contribution in [0.2, 0.25) is 0 Å². The third-order valence-corrected chi connectivity index (χ3v) is 7.14. The van der Waals surface area contributed by atoms with E-state index < -0.39 is 0 Å². The molecule has 1 aromatic carbocycles. The number of amides is 1. The number of carbonyl (C=O) groups is 2. The van der Waals surface area contributed by atoms with Gasteiger partial charge in [-0.05, 0) is 56.2 Å². The van der Waals surface area contributed by atoms with Gasteiger partial charge in [-0.25, -0.2) is 4.98 Å². The first-order valence-corrected chi connectivity index (χ1v) is 11.3. The minimum Gasteiger partial charge on any atom is -0.368 e. The molecule has 0 unspecified atom stereocenters. The number of hydrogen-bond acceptors (Lipinski definition) is 5. The molecule has 2 aliphatic rings. The quantitative estimate of drug-likeness (QED) is 0.690. The van der Waals surface area contributed by atoms with E-state index in [2.05, 4.69) is 9.88 Å². The second kappa shape index (κ2) is 8.99. The van der Waals surface area contributed by atoms with Crippen molar-refractivity contribution >= 4 is 29.1 Å². The molecule has 0 radical (unpaired) electrons. The molecule has 1 aliphatic carbocycles. The summed E-state index contributed by atoms with van der Waals surface area (Å²) in [6, 6.07) is 11.5. The van der Waals surface area contributed by atoms with Crippen LogP contribution < -0.4 is 4.90 Å². The van der Waals surface area contributed by atoms with Crippen LogP contribution in [0.1, 0.15) is 53.3 Å². The molecule has 1 aromatic heterocycles. The zero-order chi connectivity index (χ0) is 20.2. The van der Waals surface area contributed by atoms with Gasteiger partial charge in [-0.3, -0.25) is 9.59 Å². The van der Waals surface area contributed by atoms with E-state index in [0.29, 0.717) is 18.3 Å². The van der Waals surface area contributed by atoms with E-state index in [0.717, 1.165) is 34.9 Å². The molecule has 1 saturated carbocycles. The molecular weight excluding hydrogens is 382 g/mol. The van der Waals surface area contributed by atoms with Crippen LogP contribution in [-0.4, -0.2) is 53.0 Å². The Morgan fingerprint density at radius 1 is 1.00 bits per heavy atom. The predicted octanol–water partition coefficient (Wildman–Crippen LogP) is 4.28.